The molecule has 0 aromatic heterocycles. The molecule has 2 aromatic carbocycles. The Morgan fingerprint density at radius 2 is 1.56 bits per heavy atom. The second kappa shape index (κ2) is 7.79. The molecule has 1 unspecified atom stereocenters. The smallest absolute Gasteiger partial charge is 0.261 e. The number of hydrogen-bond donors (Lipinski definition) is 1. The van der Waals surface area contributed by atoms with Crippen molar-refractivity contribution < 1.29 is 16.8 Å². The molecule has 0 saturated carbocycles. The van der Waals surface area contributed by atoms with Gasteiger partial charge in [0.2, 0.25) is 10.0 Å². The first kappa shape index (κ1) is 20.1. The summed E-state index contributed by atoms with van der Waals surface area (Å²) in [5.41, 5.74) is 0.288. The highest BCUT2D eigenvalue weighted by atomic mass is 35.5. The minimum Gasteiger partial charge on any atom is -0.280 e. The second-order valence-corrected chi connectivity index (χ2v) is 10.8. The third-order valence-corrected chi connectivity index (χ3v) is 8.02. The monoisotopic (exact) mass is 428 g/mol. The Bertz CT molecular complexity index is 1000. The van der Waals surface area contributed by atoms with E-state index in [1.54, 1.807) is 0 Å². The average molecular weight is 429 g/mol. The third kappa shape index (κ3) is 4.63. The zero-order valence-electron chi connectivity index (χ0n) is 14.8. The molecule has 1 atom stereocenters. The third-order valence-electron chi connectivity index (χ3n) is 4.49. The van der Waals surface area contributed by atoms with Crippen molar-refractivity contribution in [3.8, 4) is 0 Å². The van der Waals surface area contributed by atoms with E-state index in [-0.39, 0.29) is 15.5 Å². The van der Waals surface area contributed by atoms with E-state index in [1.807, 2.05) is 6.92 Å². The van der Waals surface area contributed by atoms with Gasteiger partial charge in [0.1, 0.15) is 0 Å². The SMILES string of the molecule is CC1CCCN(S(=O)(=O)c2ccc(NS(=O)(=O)c3ccc(Cl)cc3)cc2)C1. The molecule has 27 heavy (non-hydrogen) atoms. The van der Waals surface area contributed by atoms with Gasteiger partial charge in [0.15, 0.2) is 0 Å². The fourth-order valence-corrected chi connectivity index (χ4v) is 5.82. The predicted molar refractivity (Wildman–Crippen MR) is 106 cm³/mol. The minimum atomic E-state index is -3.77. The van der Waals surface area contributed by atoms with Crippen LogP contribution in [-0.2, 0) is 20.0 Å². The second-order valence-electron chi connectivity index (χ2n) is 6.69. The van der Waals surface area contributed by atoms with Gasteiger partial charge in [0, 0.05) is 23.8 Å². The summed E-state index contributed by atoms with van der Waals surface area (Å²) in [4.78, 5) is 0.233. The largest absolute Gasteiger partial charge is 0.280 e. The molecule has 0 radical (unpaired) electrons. The quantitative estimate of drug-likeness (QED) is 0.789. The number of halogens is 1. The van der Waals surface area contributed by atoms with Crippen LogP contribution in [0.25, 0.3) is 0 Å². The highest BCUT2D eigenvalue weighted by Gasteiger charge is 2.28. The molecule has 1 aliphatic rings. The van der Waals surface area contributed by atoms with Crippen LogP contribution in [0.2, 0.25) is 5.02 Å². The van der Waals surface area contributed by atoms with E-state index in [1.165, 1.54) is 52.8 Å². The Labute approximate surface area is 165 Å². The predicted octanol–water partition coefficient (Wildman–Crippen LogP) is 3.56. The standard InChI is InChI=1S/C18H21ClN2O4S2/c1-14-3-2-12-21(13-14)27(24,25)18-10-6-16(7-11-18)20-26(22,23)17-8-4-15(19)5-9-17/h4-11,14,20H,2-3,12-13H2,1H3. The fourth-order valence-electron chi connectivity index (χ4n) is 3.04. The molecule has 9 heteroatoms. The van der Waals surface area contributed by atoms with Crippen LogP contribution in [0.1, 0.15) is 19.8 Å². The first-order valence-corrected chi connectivity index (χ1v) is 11.9. The maximum absolute atomic E-state index is 12.8. The topological polar surface area (TPSA) is 83.6 Å². The fraction of sp³-hybridized carbons (Fsp3) is 0.333. The van der Waals surface area contributed by atoms with Gasteiger partial charge in [0.05, 0.1) is 9.79 Å². The highest BCUT2D eigenvalue weighted by molar-refractivity contribution is 7.92. The van der Waals surface area contributed by atoms with E-state index in [9.17, 15) is 16.8 Å². The van der Waals surface area contributed by atoms with Crippen LogP contribution in [0.15, 0.2) is 58.3 Å². The van der Waals surface area contributed by atoms with Gasteiger partial charge in [-0.3, -0.25) is 4.72 Å². The number of piperidine rings is 1. The first-order valence-electron chi connectivity index (χ1n) is 8.57. The normalized spacial score (nSPS) is 19.0. The molecule has 2 aromatic rings. The van der Waals surface area contributed by atoms with Gasteiger partial charge in [-0.15, -0.1) is 0 Å². The van der Waals surface area contributed by atoms with E-state index >= 15 is 0 Å². The summed E-state index contributed by atoms with van der Waals surface area (Å²) in [7, 11) is -7.35. The molecule has 0 bridgehead atoms. The molecule has 1 aliphatic heterocycles. The van der Waals surface area contributed by atoms with Gasteiger partial charge >= 0.3 is 0 Å². The van der Waals surface area contributed by atoms with Crippen molar-refractivity contribution >= 4 is 37.3 Å². The average Bonchev–Trinajstić information content (AvgIpc) is 2.62. The molecule has 0 spiro atoms. The van der Waals surface area contributed by atoms with Crippen molar-refractivity contribution in [2.24, 2.45) is 5.92 Å². The van der Waals surface area contributed by atoms with Gasteiger partial charge in [-0.2, -0.15) is 4.31 Å². The number of hydrogen-bond acceptors (Lipinski definition) is 4. The number of nitrogens with zero attached hydrogens (tertiary/aromatic N) is 1. The van der Waals surface area contributed by atoms with E-state index in [2.05, 4.69) is 4.72 Å². The number of nitrogens with one attached hydrogen (secondary N) is 1. The summed E-state index contributed by atoms with van der Waals surface area (Å²) in [6.45, 7) is 3.06. The molecular weight excluding hydrogens is 408 g/mol. The lowest BCUT2D eigenvalue weighted by Crippen LogP contribution is -2.39. The molecule has 1 fully saturated rings. The Morgan fingerprint density at radius 1 is 0.963 bits per heavy atom. The van der Waals surface area contributed by atoms with Crippen LogP contribution in [0, 0.1) is 5.92 Å². The van der Waals surface area contributed by atoms with Crippen molar-refractivity contribution in [3.05, 3.63) is 53.6 Å². The molecule has 146 valence electrons. The summed E-state index contributed by atoms with van der Waals surface area (Å²) < 4.78 is 54.2. The van der Waals surface area contributed by atoms with E-state index < -0.39 is 20.0 Å². The number of benzene rings is 2. The van der Waals surface area contributed by atoms with Crippen LogP contribution in [0.4, 0.5) is 5.69 Å². The maximum atomic E-state index is 12.8. The summed E-state index contributed by atoms with van der Waals surface area (Å²) in [5.74, 6) is 0.332. The molecule has 6 nitrogen and oxygen atoms in total. The summed E-state index contributed by atoms with van der Waals surface area (Å²) in [6.07, 6.45) is 1.87. The summed E-state index contributed by atoms with van der Waals surface area (Å²) >= 11 is 5.78. The summed E-state index contributed by atoms with van der Waals surface area (Å²) in [5, 5.41) is 0.440. The van der Waals surface area contributed by atoms with Crippen molar-refractivity contribution in [1.82, 2.24) is 4.31 Å². The molecule has 0 amide bonds. The Kier molecular flexibility index (Phi) is 5.81. The lowest BCUT2D eigenvalue weighted by molar-refractivity contribution is 0.281. The molecule has 1 heterocycles. The van der Waals surface area contributed by atoms with Gasteiger partial charge < -0.3 is 0 Å². The van der Waals surface area contributed by atoms with Crippen molar-refractivity contribution in [3.63, 3.8) is 0 Å². The lowest BCUT2D eigenvalue weighted by Gasteiger charge is -2.30. The molecule has 1 saturated heterocycles. The van der Waals surface area contributed by atoms with Crippen molar-refractivity contribution in [1.29, 1.82) is 0 Å². The first-order chi connectivity index (χ1) is 12.7. The van der Waals surface area contributed by atoms with E-state index in [0.29, 0.717) is 24.0 Å². The molecular formula is C18H21ClN2O4S2. The Morgan fingerprint density at radius 3 is 2.15 bits per heavy atom. The van der Waals surface area contributed by atoms with E-state index in [4.69, 9.17) is 11.6 Å². The Balaban J connectivity index is 1.78. The Hall–Kier alpha value is -1.61. The van der Waals surface area contributed by atoms with Gasteiger partial charge in [-0.25, -0.2) is 16.8 Å². The number of anilines is 1. The van der Waals surface area contributed by atoms with Crippen LogP contribution >= 0.6 is 11.6 Å². The number of rotatable bonds is 5. The number of sulfonamides is 2. The molecule has 3 rings (SSSR count). The van der Waals surface area contributed by atoms with Crippen LogP contribution in [-0.4, -0.2) is 34.2 Å². The molecule has 1 N–H and O–H groups in total. The lowest BCUT2D eigenvalue weighted by atomic mass is 10.0. The van der Waals surface area contributed by atoms with Crippen molar-refractivity contribution in [2.45, 2.75) is 29.6 Å². The van der Waals surface area contributed by atoms with Crippen LogP contribution in [0.5, 0.6) is 0 Å². The van der Waals surface area contributed by atoms with Crippen LogP contribution in [0.3, 0.4) is 0 Å². The maximum Gasteiger partial charge on any atom is 0.261 e. The zero-order valence-corrected chi connectivity index (χ0v) is 17.2. The van der Waals surface area contributed by atoms with Crippen molar-refractivity contribution in [2.75, 3.05) is 17.8 Å². The minimum absolute atomic E-state index is 0.0749. The van der Waals surface area contributed by atoms with Gasteiger partial charge in [0.25, 0.3) is 10.0 Å². The zero-order chi connectivity index (χ0) is 19.7. The van der Waals surface area contributed by atoms with E-state index in [0.717, 1.165) is 12.8 Å². The van der Waals surface area contributed by atoms with Crippen LogP contribution < -0.4 is 4.72 Å². The molecule has 0 aliphatic carbocycles. The highest BCUT2D eigenvalue weighted by Crippen LogP contribution is 2.25. The van der Waals surface area contributed by atoms with Gasteiger partial charge in [-0.05, 0) is 67.3 Å². The van der Waals surface area contributed by atoms with Gasteiger partial charge in [-0.1, -0.05) is 18.5 Å². The summed E-state index contributed by atoms with van der Waals surface area (Å²) in [6, 6.07) is 11.5.